The highest BCUT2D eigenvalue weighted by atomic mass is 16.5. The molecule has 0 unspecified atom stereocenters. The Morgan fingerprint density at radius 1 is 1.31 bits per heavy atom. The molecular formula is C20H29N5O. The minimum Gasteiger partial charge on any atom is -0.489 e. The van der Waals surface area contributed by atoms with Gasteiger partial charge in [-0.25, -0.2) is 4.99 Å². The molecule has 3 N–H and O–H groups in total. The molecule has 1 aromatic carbocycles. The van der Waals surface area contributed by atoms with Gasteiger partial charge in [-0.05, 0) is 38.3 Å². The maximum absolute atomic E-state index is 5.69. The molecule has 6 nitrogen and oxygen atoms in total. The summed E-state index contributed by atoms with van der Waals surface area (Å²) in [6, 6.07) is 7.96. The normalized spacial score (nSPS) is 11.2. The largest absolute Gasteiger partial charge is 0.489 e. The van der Waals surface area contributed by atoms with Crippen LogP contribution in [0.5, 0.6) is 5.75 Å². The molecule has 2 rings (SSSR count). The van der Waals surface area contributed by atoms with Gasteiger partial charge in [0, 0.05) is 24.3 Å². The number of hydrogen-bond donors (Lipinski definition) is 3. The number of ether oxygens (including phenoxy) is 1. The summed E-state index contributed by atoms with van der Waals surface area (Å²) in [6.07, 6.45) is 5.65. The first-order valence-corrected chi connectivity index (χ1v) is 9.07. The molecule has 0 amide bonds. The Bertz CT molecular complexity index is 708. The van der Waals surface area contributed by atoms with Crippen molar-refractivity contribution < 1.29 is 4.74 Å². The van der Waals surface area contributed by atoms with Crippen molar-refractivity contribution in [1.82, 2.24) is 20.8 Å². The maximum atomic E-state index is 5.69. The molecule has 0 bridgehead atoms. The molecule has 0 fully saturated rings. The molecule has 140 valence electrons. The quantitative estimate of drug-likeness (QED) is 0.265. The predicted molar refractivity (Wildman–Crippen MR) is 107 cm³/mol. The SMILES string of the molecule is C=CCOc1ccccc1CN=C(NCC)NCCCc1cn[nH]c1C. The van der Waals surface area contributed by atoms with Crippen LogP contribution >= 0.6 is 0 Å². The van der Waals surface area contributed by atoms with E-state index >= 15 is 0 Å². The average molecular weight is 355 g/mol. The molecule has 0 saturated heterocycles. The topological polar surface area (TPSA) is 74.3 Å². The van der Waals surface area contributed by atoms with E-state index in [1.54, 1.807) is 6.08 Å². The second-order valence-electron chi connectivity index (χ2n) is 5.95. The number of aromatic nitrogens is 2. The van der Waals surface area contributed by atoms with E-state index in [0.29, 0.717) is 13.2 Å². The number of aromatic amines is 1. The first kappa shape index (κ1) is 19.6. The Hall–Kier alpha value is -2.76. The van der Waals surface area contributed by atoms with Crippen LogP contribution in [-0.4, -0.2) is 35.9 Å². The Kier molecular flexibility index (Phi) is 8.26. The van der Waals surface area contributed by atoms with E-state index < -0.39 is 0 Å². The van der Waals surface area contributed by atoms with Gasteiger partial charge in [-0.3, -0.25) is 5.10 Å². The van der Waals surface area contributed by atoms with Crippen molar-refractivity contribution in [2.24, 2.45) is 4.99 Å². The molecule has 0 saturated carbocycles. The van der Waals surface area contributed by atoms with Crippen molar-refractivity contribution in [3.05, 3.63) is 59.9 Å². The van der Waals surface area contributed by atoms with Gasteiger partial charge in [0.05, 0.1) is 12.7 Å². The molecule has 26 heavy (non-hydrogen) atoms. The zero-order valence-corrected chi connectivity index (χ0v) is 15.7. The fraction of sp³-hybridized carbons (Fsp3) is 0.400. The number of rotatable bonds is 10. The zero-order chi connectivity index (χ0) is 18.6. The summed E-state index contributed by atoms with van der Waals surface area (Å²) >= 11 is 0. The molecule has 1 aromatic heterocycles. The summed E-state index contributed by atoms with van der Waals surface area (Å²) in [6.45, 7) is 10.5. The van der Waals surface area contributed by atoms with Crippen molar-refractivity contribution >= 4 is 5.96 Å². The van der Waals surface area contributed by atoms with Gasteiger partial charge in [-0.2, -0.15) is 5.10 Å². The Morgan fingerprint density at radius 3 is 2.88 bits per heavy atom. The summed E-state index contributed by atoms with van der Waals surface area (Å²) in [5.41, 5.74) is 3.46. The van der Waals surface area contributed by atoms with Crippen molar-refractivity contribution in [2.45, 2.75) is 33.2 Å². The number of benzene rings is 1. The van der Waals surface area contributed by atoms with Crippen molar-refractivity contribution in [2.75, 3.05) is 19.7 Å². The Labute approximate surface area is 155 Å². The van der Waals surface area contributed by atoms with Crippen LogP contribution in [0.2, 0.25) is 0 Å². The number of H-pyrrole nitrogens is 1. The third-order valence-corrected chi connectivity index (χ3v) is 3.93. The van der Waals surface area contributed by atoms with Gasteiger partial charge in [0.1, 0.15) is 12.4 Å². The van der Waals surface area contributed by atoms with E-state index in [-0.39, 0.29) is 0 Å². The molecule has 0 aliphatic rings. The van der Waals surface area contributed by atoms with Crippen LogP contribution in [-0.2, 0) is 13.0 Å². The lowest BCUT2D eigenvalue weighted by molar-refractivity contribution is 0.359. The number of nitrogens with one attached hydrogen (secondary N) is 3. The Morgan fingerprint density at radius 2 is 2.15 bits per heavy atom. The van der Waals surface area contributed by atoms with Crippen molar-refractivity contribution in [1.29, 1.82) is 0 Å². The van der Waals surface area contributed by atoms with E-state index in [0.717, 1.165) is 48.9 Å². The third kappa shape index (κ3) is 6.27. The van der Waals surface area contributed by atoms with E-state index in [4.69, 9.17) is 4.74 Å². The number of aliphatic imine (C=N–C) groups is 1. The van der Waals surface area contributed by atoms with Gasteiger partial charge < -0.3 is 15.4 Å². The lowest BCUT2D eigenvalue weighted by atomic mass is 10.1. The van der Waals surface area contributed by atoms with Gasteiger partial charge in [-0.15, -0.1) is 0 Å². The highest BCUT2D eigenvalue weighted by Gasteiger charge is 2.04. The number of nitrogens with zero attached hydrogens (tertiary/aromatic N) is 2. The number of hydrogen-bond acceptors (Lipinski definition) is 3. The summed E-state index contributed by atoms with van der Waals surface area (Å²) < 4.78 is 5.69. The van der Waals surface area contributed by atoms with Crippen LogP contribution in [0.1, 0.15) is 30.2 Å². The fourth-order valence-electron chi connectivity index (χ4n) is 2.54. The zero-order valence-electron chi connectivity index (χ0n) is 15.7. The van der Waals surface area contributed by atoms with E-state index in [2.05, 4.69) is 39.3 Å². The van der Waals surface area contributed by atoms with Crippen LogP contribution in [0.25, 0.3) is 0 Å². The maximum Gasteiger partial charge on any atom is 0.191 e. The van der Waals surface area contributed by atoms with E-state index in [9.17, 15) is 0 Å². The standard InChI is InChI=1S/C20H29N5O/c1-4-13-26-19-11-7-6-9-18(19)14-23-20(21-5-2)22-12-8-10-17-15-24-25-16(17)3/h4,6-7,9,11,15H,1,5,8,10,12-14H2,2-3H3,(H,24,25)(H2,21,22,23). The van der Waals surface area contributed by atoms with Crippen LogP contribution in [0.4, 0.5) is 0 Å². The first-order chi connectivity index (χ1) is 12.7. The van der Waals surface area contributed by atoms with Crippen LogP contribution < -0.4 is 15.4 Å². The molecule has 6 heteroatoms. The van der Waals surface area contributed by atoms with Gasteiger partial charge in [0.25, 0.3) is 0 Å². The molecule has 0 spiro atoms. The highest BCUT2D eigenvalue weighted by molar-refractivity contribution is 5.79. The van der Waals surface area contributed by atoms with Crippen LogP contribution in [0, 0.1) is 6.92 Å². The van der Waals surface area contributed by atoms with E-state index in [1.165, 1.54) is 5.56 Å². The van der Waals surface area contributed by atoms with Crippen molar-refractivity contribution in [3.8, 4) is 5.75 Å². The first-order valence-electron chi connectivity index (χ1n) is 9.07. The number of aryl methyl sites for hydroxylation is 2. The minimum absolute atomic E-state index is 0.493. The van der Waals surface area contributed by atoms with Gasteiger partial charge in [0.15, 0.2) is 5.96 Å². The number of guanidine groups is 1. The summed E-state index contributed by atoms with van der Waals surface area (Å²) in [4.78, 5) is 4.67. The lowest BCUT2D eigenvalue weighted by Gasteiger charge is -2.12. The minimum atomic E-state index is 0.493. The van der Waals surface area contributed by atoms with E-state index in [1.807, 2.05) is 37.4 Å². The molecule has 0 aliphatic carbocycles. The summed E-state index contributed by atoms with van der Waals surface area (Å²) in [7, 11) is 0. The highest BCUT2D eigenvalue weighted by Crippen LogP contribution is 2.18. The molecule has 0 radical (unpaired) electrons. The van der Waals surface area contributed by atoms with Crippen LogP contribution in [0.15, 0.2) is 48.1 Å². The van der Waals surface area contributed by atoms with Gasteiger partial charge >= 0.3 is 0 Å². The van der Waals surface area contributed by atoms with Crippen molar-refractivity contribution in [3.63, 3.8) is 0 Å². The third-order valence-electron chi connectivity index (χ3n) is 3.93. The lowest BCUT2D eigenvalue weighted by Crippen LogP contribution is -2.37. The molecule has 1 heterocycles. The molecule has 0 atom stereocenters. The smallest absolute Gasteiger partial charge is 0.191 e. The summed E-state index contributed by atoms with van der Waals surface area (Å²) in [5, 5.41) is 13.7. The van der Waals surface area contributed by atoms with Gasteiger partial charge in [0.2, 0.25) is 0 Å². The van der Waals surface area contributed by atoms with Crippen LogP contribution in [0.3, 0.4) is 0 Å². The molecule has 2 aromatic rings. The summed E-state index contributed by atoms with van der Waals surface area (Å²) in [5.74, 6) is 1.66. The number of para-hydroxylation sites is 1. The fourth-order valence-corrected chi connectivity index (χ4v) is 2.54. The molecule has 0 aliphatic heterocycles. The monoisotopic (exact) mass is 355 g/mol. The van der Waals surface area contributed by atoms with Gasteiger partial charge in [-0.1, -0.05) is 30.9 Å². The molecular weight excluding hydrogens is 326 g/mol. The average Bonchev–Trinajstić information content (AvgIpc) is 3.07. The predicted octanol–water partition coefficient (Wildman–Crippen LogP) is 2.97. The second-order valence-corrected chi connectivity index (χ2v) is 5.95. The second kappa shape index (κ2) is 11.0. The Balaban J connectivity index is 1.87.